The molecule has 1 aliphatic heterocycles. The molecule has 1 fully saturated rings. The van der Waals surface area contributed by atoms with E-state index < -0.39 is 7.82 Å². The van der Waals surface area contributed by atoms with Gasteiger partial charge in [0, 0.05) is 10.9 Å². The highest BCUT2D eigenvalue weighted by molar-refractivity contribution is 9.10. The minimum Gasteiger partial charge on any atom is -0.404 e. The van der Waals surface area contributed by atoms with E-state index >= 15 is 0 Å². The predicted molar refractivity (Wildman–Crippen MR) is 68.1 cm³/mol. The Kier molecular flexibility index (Phi) is 3.93. The van der Waals surface area contributed by atoms with Gasteiger partial charge in [-0.1, -0.05) is 15.9 Å². The van der Waals surface area contributed by atoms with Crippen molar-refractivity contribution in [3.8, 4) is 5.75 Å². The number of benzene rings is 1. The van der Waals surface area contributed by atoms with Crippen molar-refractivity contribution >= 4 is 23.8 Å². The van der Waals surface area contributed by atoms with Gasteiger partial charge < -0.3 is 4.52 Å². The van der Waals surface area contributed by atoms with Crippen LogP contribution in [0, 0.1) is 0 Å². The van der Waals surface area contributed by atoms with Crippen LogP contribution in [0.1, 0.15) is 20.3 Å². The van der Waals surface area contributed by atoms with Crippen molar-refractivity contribution in [2.45, 2.75) is 32.5 Å². The van der Waals surface area contributed by atoms with Gasteiger partial charge in [-0.3, -0.25) is 9.05 Å². The van der Waals surface area contributed by atoms with Crippen molar-refractivity contribution in [2.75, 3.05) is 0 Å². The summed E-state index contributed by atoms with van der Waals surface area (Å²) in [6, 6.07) is 7.03. The molecule has 0 saturated carbocycles. The molecule has 0 radical (unpaired) electrons. The second-order valence-electron chi connectivity index (χ2n) is 4.06. The highest BCUT2D eigenvalue weighted by Gasteiger charge is 2.38. The van der Waals surface area contributed by atoms with Gasteiger partial charge in [-0.2, -0.15) is 0 Å². The van der Waals surface area contributed by atoms with Gasteiger partial charge in [-0.05, 0) is 38.1 Å². The first-order chi connectivity index (χ1) is 7.97. The predicted octanol–water partition coefficient (Wildman–Crippen LogP) is 4.15. The highest BCUT2D eigenvalue weighted by atomic mass is 79.9. The molecule has 0 N–H and O–H groups in total. The fraction of sp³-hybridized carbons (Fsp3) is 0.455. The summed E-state index contributed by atoms with van der Waals surface area (Å²) in [6.07, 6.45) is 0.466. The smallest absolute Gasteiger partial charge is 0.404 e. The van der Waals surface area contributed by atoms with E-state index in [-0.39, 0.29) is 12.2 Å². The Labute approximate surface area is 109 Å². The lowest BCUT2D eigenvalue weighted by Gasteiger charge is -2.30. The van der Waals surface area contributed by atoms with E-state index in [0.717, 1.165) is 4.47 Å². The standard InChI is InChI=1S/C11H14BrO4P/c1-8-7-9(2)15-17(13,14-8)16-11-5-3-10(12)4-6-11/h3-6,8-9H,7H2,1-2H3/t8-,9+,17?. The summed E-state index contributed by atoms with van der Waals surface area (Å²) in [7, 11) is -3.48. The van der Waals surface area contributed by atoms with Gasteiger partial charge in [0.1, 0.15) is 5.75 Å². The van der Waals surface area contributed by atoms with Crippen molar-refractivity contribution in [3.63, 3.8) is 0 Å². The van der Waals surface area contributed by atoms with Gasteiger partial charge in [0.05, 0.1) is 12.2 Å². The van der Waals surface area contributed by atoms with E-state index in [1.54, 1.807) is 24.3 Å². The molecule has 1 saturated heterocycles. The summed E-state index contributed by atoms with van der Waals surface area (Å²) in [5.74, 6) is 0.470. The molecule has 4 nitrogen and oxygen atoms in total. The van der Waals surface area contributed by atoms with Crippen molar-refractivity contribution in [1.82, 2.24) is 0 Å². The Morgan fingerprint density at radius 3 is 2.29 bits per heavy atom. The van der Waals surface area contributed by atoms with Crippen molar-refractivity contribution < 1.29 is 18.1 Å². The molecular formula is C11H14BrO4P. The Bertz CT molecular complexity index is 420. The number of halogens is 1. The Morgan fingerprint density at radius 2 is 1.76 bits per heavy atom. The molecular weight excluding hydrogens is 307 g/mol. The molecule has 0 aliphatic carbocycles. The maximum Gasteiger partial charge on any atom is 0.530 e. The fourth-order valence-corrected chi connectivity index (χ4v) is 3.52. The van der Waals surface area contributed by atoms with E-state index in [1.807, 2.05) is 13.8 Å². The van der Waals surface area contributed by atoms with Gasteiger partial charge in [0.15, 0.2) is 0 Å². The van der Waals surface area contributed by atoms with Crippen LogP contribution in [0.5, 0.6) is 5.75 Å². The van der Waals surface area contributed by atoms with Crippen molar-refractivity contribution in [2.24, 2.45) is 0 Å². The van der Waals surface area contributed by atoms with Crippen molar-refractivity contribution in [3.05, 3.63) is 28.7 Å². The maximum absolute atomic E-state index is 12.2. The zero-order valence-corrected chi connectivity index (χ0v) is 12.1. The monoisotopic (exact) mass is 320 g/mol. The van der Waals surface area contributed by atoms with E-state index in [4.69, 9.17) is 13.6 Å². The molecule has 1 aromatic rings. The Balaban J connectivity index is 2.11. The third-order valence-corrected chi connectivity index (χ3v) is 4.51. The Hall–Kier alpha value is -0.350. The zero-order chi connectivity index (χ0) is 12.5. The third-order valence-electron chi connectivity index (χ3n) is 2.31. The first-order valence-corrected chi connectivity index (χ1v) is 7.64. The lowest BCUT2D eigenvalue weighted by Crippen LogP contribution is -2.25. The lowest BCUT2D eigenvalue weighted by molar-refractivity contribution is 0.0217. The molecule has 6 heteroatoms. The quantitative estimate of drug-likeness (QED) is 0.768. The number of phosphoric ester groups is 1. The van der Waals surface area contributed by atoms with Crippen LogP contribution in [0.4, 0.5) is 0 Å². The molecule has 0 spiro atoms. The van der Waals surface area contributed by atoms with Gasteiger partial charge in [-0.15, -0.1) is 0 Å². The van der Waals surface area contributed by atoms with E-state index in [9.17, 15) is 4.57 Å². The normalized spacial score (nSPS) is 33.4. The molecule has 1 aliphatic rings. The van der Waals surface area contributed by atoms with Crippen LogP contribution in [0.25, 0.3) is 0 Å². The van der Waals surface area contributed by atoms with Crippen LogP contribution in [-0.4, -0.2) is 12.2 Å². The summed E-state index contributed by atoms with van der Waals surface area (Å²) in [5.41, 5.74) is 0. The van der Waals surface area contributed by atoms with E-state index in [0.29, 0.717) is 12.2 Å². The molecule has 0 aromatic heterocycles. The summed E-state index contributed by atoms with van der Waals surface area (Å²) in [5, 5.41) is 0. The summed E-state index contributed by atoms with van der Waals surface area (Å²) in [4.78, 5) is 0. The lowest BCUT2D eigenvalue weighted by atomic mass is 10.2. The maximum atomic E-state index is 12.2. The number of rotatable bonds is 2. The van der Waals surface area contributed by atoms with Gasteiger partial charge in [0.2, 0.25) is 0 Å². The summed E-state index contributed by atoms with van der Waals surface area (Å²) < 4.78 is 29.0. The van der Waals surface area contributed by atoms with Crippen LogP contribution < -0.4 is 4.52 Å². The third kappa shape index (κ3) is 3.55. The summed E-state index contributed by atoms with van der Waals surface area (Å²) in [6.45, 7) is 3.72. The zero-order valence-electron chi connectivity index (χ0n) is 9.63. The number of phosphoric acid groups is 1. The first-order valence-electron chi connectivity index (χ1n) is 5.39. The first kappa shape index (κ1) is 13.1. The number of hydrogen-bond acceptors (Lipinski definition) is 4. The van der Waals surface area contributed by atoms with Gasteiger partial charge >= 0.3 is 7.82 Å². The topological polar surface area (TPSA) is 44.8 Å². The Morgan fingerprint density at radius 1 is 1.24 bits per heavy atom. The van der Waals surface area contributed by atoms with Crippen LogP contribution in [0.15, 0.2) is 28.7 Å². The molecule has 2 rings (SSSR count). The SMILES string of the molecule is C[C@@H]1C[C@H](C)OP(=O)(Oc2ccc(Br)cc2)O1. The van der Waals surface area contributed by atoms with Crippen LogP contribution in [0.3, 0.4) is 0 Å². The molecule has 3 atom stereocenters. The molecule has 17 heavy (non-hydrogen) atoms. The van der Waals surface area contributed by atoms with Crippen molar-refractivity contribution in [1.29, 1.82) is 0 Å². The van der Waals surface area contributed by atoms with E-state index in [1.165, 1.54) is 0 Å². The average molecular weight is 321 g/mol. The highest BCUT2D eigenvalue weighted by Crippen LogP contribution is 2.54. The molecule has 94 valence electrons. The molecule has 0 bridgehead atoms. The average Bonchev–Trinajstić information content (AvgIpc) is 2.19. The van der Waals surface area contributed by atoms with Crippen LogP contribution in [0.2, 0.25) is 0 Å². The summed E-state index contributed by atoms with van der Waals surface area (Å²) >= 11 is 3.32. The fourth-order valence-electron chi connectivity index (χ4n) is 1.69. The van der Waals surface area contributed by atoms with Crippen LogP contribution in [-0.2, 0) is 13.6 Å². The van der Waals surface area contributed by atoms with Crippen LogP contribution >= 0.6 is 23.8 Å². The molecule has 1 unspecified atom stereocenters. The van der Waals surface area contributed by atoms with Gasteiger partial charge in [0.25, 0.3) is 0 Å². The molecule has 1 aromatic carbocycles. The molecule has 0 amide bonds. The minimum absolute atomic E-state index is 0.125. The molecule has 1 heterocycles. The number of hydrogen-bond donors (Lipinski definition) is 0. The van der Waals surface area contributed by atoms with E-state index in [2.05, 4.69) is 15.9 Å². The largest absolute Gasteiger partial charge is 0.530 e. The second-order valence-corrected chi connectivity index (χ2v) is 6.47. The van der Waals surface area contributed by atoms with Gasteiger partial charge in [-0.25, -0.2) is 4.57 Å². The minimum atomic E-state index is -3.48. The second kappa shape index (κ2) is 5.11.